The Morgan fingerprint density at radius 1 is 1.21 bits per heavy atom. The number of nitrogens with one attached hydrogen (secondary N) is 1. The predicted molar refractivity (Wildman–Crippen MR) is 106 cm³/mol. The Hall–Kier alpha value is -3.53. The highest BCUT2D eigenvalue weighted by molar-refractivity contribution is 7.99. The number of carbonyl (C=O) groups is 2. The van der Waals surface area contributed by atoms with Crippen LogP contribution in [0.5, 0.6) is 0 Å². The molecule has 0 saturated carbocycles. The molecular formula is C18H17N7O2S. The Bertz CT molecular complexity index is 987. The fourth-order valence-corrected chi connectivity index (χ4v) is 3.09. The Morgan fingerprint density at radius 2 is 2.00 bits per heavy atom. The standard InChI is InChI=1S/C18H17N7O2S/c1-2-9-25-17(14-10-20-7-8-21-14)23-24-18(25)28-11-15(26)22-13-5-3-12(4-6-13)16(19)27/h2-8,10H,1,9,11H2,(H2,19,27)(H,22,26). The molecule has 9 nitrogen and oxygen atoms in total. The molecule has 0 radical (unpaired) electrons. The van der Waals surface area contributed by atoms with Gasteiger partial charge in [-0.1, -0.05) is 17.8 Å². The highest BCUT2D eigenvalue weighted by atomic mass is 32.2. The van der Waals surface area contributed by atoms with Gasteiger partial charge in [0.15, 0.2) is 11.0 Å². The summed E-state index contributed by atoms with van der Waals surface area (Å²) < 4.78 is 1.82. The molecule has 0 aliphatic rings. The van der Waals surface area contributed by atoms with Crippen molar-refractivity contribution in [3.63, 3.8) is 0 Å². The quantitative estimate of drug-likeness (QED) is 0.439. The number of primary amides is 1. The molecule has 0 spiro atoms. The van der Waals surface area contributed by atoms with Crippen LogP contribution in [-0.2, 0) is 11.3 Å². The average Bonchev–Trinajstić information content (AvgIpc) is 3.10. The third kappa shape index (κ3) is 4.60. The van der Waals surface area contributed by atoms with Crippen LogP contribution in [0.25, 0.3) is 11.5 Å². The lowest BCUT2D eigenvalue weighted by Gasteiger charge is -2.08. The van der Waals surface area contributed by atoms with Crippen LogP contribution in [0.3, 0.4) is 0 Å². The molecule has 1 aromatic carbocycles. The number of allylic oxidation sites excluding steroid dienone is 1. The van der Waals surface area contributed by atoms with Crippen LogP contribution >= 0.6 is 11.8 Å². The molecule has 3 aromatic rings. The molecular weight excluding hydrogens is 378 g/mol. The van der Waals surface area contributed by atoms with Crippen molar-refractivity contribution < 1.29 is 9.59 Å². The van der Waals surface area contributed by atoms with Crippen LogP contribution in [0.15, 0.2) is 60.7 Å². The van der Waals surface area contributed by atoms with Gasteiger partial charge in [0.1, 0.15) is 5.69 Å². The predicted octanol–water partition coefficient (Wildman–Crippen LogP) is 1.75. The molecule has 0 bridgehead atoms. The van der Waals surface area contributed by atoms with Gasteiger partial charge in [-0.3, -0.25) is 19.1 Å². The second kappa shape index (κ2) is 8.91. The second-order valence-electron chi connectivity index (χ2n) is 5.57. The van der Waals surface area contributed by atoms with Gasteiger partial charge >= 0.3 is 0 Å². The number of carbonyl (C=O) groups excluding carboxylic acids is 2. The molecule has 10 heteroatoms. The van der Waals surface area contributed by atoms with Crippen LogP contribution in [-0.4, -0.2) is 42.3 Å². The fourth-order valence-electron chi connectivity index (χ4n) is 2.34. The van der Waals surface area contributed by atoms with E-state index in [-0.39, 0.29) is 11.7 Å². The van der Waals surface area contributed by atoms with Crippen molar-refractivity contribution in [2.45, 2.75) is 11.7 Å². The van der Waals surface area contributed by atoms with E-state index < -0.39 is 5.91 Å². The zero-order valence-electron chi connectivity index (χ0n) is 14.8. The second-order valence-corrected chi connectivity index (χ2v) is 6.52. The number of amides is 2. The highest BCUT2D eigenvalue weighted by Gasteiger charge is 2.16. The summed E-state index contributed by atoms with van der Waals surface area (Å²) in [4.78, 5) is 31.6. The van der Waals surface area contributed by atoms with Crippen molar-refractivity contribution >= 4 is 29.3 Å². The summed E-state index contributed by atoms with van der Waals surface area (Å²) >= 11 is 1.25. The van der Waals surface area contributed by atoms with Gasteiger partial charge in [-0.05, 0) is 24.3 Å². The minimum Gasteiger partial charge on any atom is -0.366 e. The summed E-state index contributed by atoms with van der Waals surface area (Å²) in [5.41, 5.74) is 6.73. The van der Waals surface area contributed by atoms with Crippen molar-refractivity contribution in [1.82, 2.24) is 24.7 Å². The van der Waals surface area contributed by atoms with Crippen LogP contribution in [0.2, 0.25) is 0 Å². The molecule has 28 heavy (non-hydrogen) atoms. The molecule has 3 N–H and O–H groups in total. The van der Waals surface area contributed by atoms with E-state index in [4.69, 9.17) is 5.73 Å². The van der Waals surface area contributed by atoms with Crippen LogP contribution < -0.4 is 11.1 Å². The number of rotatable bonds is 8. The Balaban J connectivity index is 1.66. The number of thioether (sulfide) groups is 1. The van der Waals surface area contributed by atoms with Crippen molar-refractivity contribution in [1.29, 1.82) is 0 Å². The molecule has 2 amide bonds. The van der Waals surface area contributed by atoms with Crippen LogP contribution in [0.4, 0.5) is 5.69 Å². The first-order chi connectivity index (χ1) is 13.6. The van der Waals surface area contributed by atoms with E-state index in [0.717, 1.165) is 0 Å². The van der Waals surface area contributed by atoms with Gasteiger partial charge in [-0.15, -0.1) is 16.8 Å². The lowest BCUT2D eigenvalue weighted by molar-refractivity contribution is -0.113. The fraction of sp³-hybridized carbons (Fsp3) is 0.111. The molecule has 0 fully saturated rings. The third-order valence-electron chi connectivity index (χ3n) is 3.61. The van der Waals surface area contributed by atoms with Gasteiger partial charge < -0.3 is 11.1 Å². The normalized spacial score (nSPS) is 10.4. The number of anilines is 1. The highest BCUT2D eigenvalue weighted by Crippen LogP contribution is 2.22. The maximum absolute atomic E-state index is 12.2. The number of hydrogen-bond donors (Lipinski definition) is 2. The molecule has 0 aliphatic carbocycles. The first kappa shape index (κ1) is 19.2. The third-order valence-corrected chi connectivity index (χ3v) is 4.57. The summed E-state index contributed by atoms with van der Waals surface area (Å²) in [6.07, 6.45) is 6.47. The van der Waals surface area contributed by atoms with Gasteiger partial charge in [0.05, 0.1) is 11.9 Å². The van der Waals surface area contributed by atoms with Crippen molar-refractivity contribution in [3.05, 3.63) is 61.1 Å². The number of aromatic nitrogens is 5. The monoisotopic (exact) mass is 395 g/mol. The molecule has 142 valence electrons. The summed E-state index contributed by atoms with van der Waals surface area (Å²) in [6, 6.07) is 6.35. The van der Waals surface area contributed by atoms with E-state index in [0.29, 0.717) is 34.5 Å². The van der Waals surface area contributed by atoms with E-state index in [2.05, 4.69) is 32.1 Å². The van der Waals surface area contributed by atoms with E-state index in [9.17, 15) is 9.59 Å². The van der Waals surface area contributed by atoms with E-state index >= 15 is 0 Å². The largest absolute Gasteiger partial charge is 0.366 e. The topological polar surface area (TPSA) is 129 Å². The smallest absolute Gasteiger partial charge is 0.248 e. The van der Waals surface area contributed by atoms with Crippen molar-refractivity contribution in [3.8, 4) is 11.5 Å². The Labute approximate surface area is 165 Å². The first-order valence-electron chi connectivity index (χ1n) is 8.21. The van der Waals surface area contributed by atoms with E-state index in [1.54, 1.807) is 48.9 Å². The summed E-state index contributed by atoms with van der Waals surface area (Å²) in [6.45, 7) is 4.22. The van der Waals surface area contributed by atoms with Gasteiger partial charge in [0.25, 0.3) is 0 Å². The van der Waals surface area contributed by atoms with E-state index in [1.165, 1.54) is 11.8 Å². The van der Waals surface area contributed by atoms with Crippen molar-refractivity contribution in [2.24, 2.45) is 5.73 Å². The lowest BCUT2D eigenvalue weighted by atomic mass is 10.2. The summed E-state index contributed by atoms with van der Waals surface area (Å²) in [5.74, 6) is -0.0503. The minimum atomic E-state index is -0.520. The molecule has 3 rings (SSSR count). The maximum atomic E-state index is 12.2. The molecule has 0 atom stereocenters. The Morgan fingerprint density at radius 3 is 2.64 bits per heavy atom. The average molecular weight is 395 g/mol. The zero-order valence-corrected chi connectivity index (χ0v) is 15.6. The maximum Gasteiger partial charge on any atom is 0.248 e. The first-order valence-corrected chi connectivity index (χ1v) is 9.20. The lowest BCUT2D eigenvalue weighted by Crippen LogP contribution is -2.15. The molecule has 2 aromatic heterocycles. The molecule has 0 aliphatic heterocycles. The number of benzene rings is 1. The number of nitrogens with two attached hydrogens (primary N) is 1. The molecule has 0 unspecified atom stereocenters. The zero-order chi connectivity index (χ0) is 19.9. The van der Waals surface area contributed by atoms with Crippen LogP contribution in [0.1, 0.15) is 10.4 Å². The molecule has 0 saturated heterocycles. The van der Waals surface area contributed by atoms with Crippen LogP contribution in [0, 0.1) is 0 Å². The number of hydrogen-bond acceptors (Lipinski definition) is 7. The summed E-state index contributed by atoms with van der Waals surface area (Å²) in [5, 5.41) is 11.6. The van der Waals surface area contributed by atoms with Crippen molar-refractivity contribution in [2.75, 3.05) is 11.1 Å². The SMILES string of the molecule is C=CCn1c(SCC(=O)Nc2ccc(C(N)=O)cc2)nnc1-c1cnccn1. The Kier molecular flexibility index (Phi) is 6.12. The van der Waals surface area contributed by atoms with Gasteiger partial charge in [0.2, 0.25) is 11.8 Å². The summed E-state index contributed by atoms with van der Waals surface area (Å²) in [7, 11) is 0. The minimum absolute atomic E-state index is 0.132. The number of nitrogens with zero attached hydrogens (tertiary/aromatic N) is 5. The van der Waals surface area contributed by atoms with Gasteiger partial charge in [-0.2, -0.15) is 0 Å². The van der Waals surface area contributed by atoms with Gasteiger partial charge in [-0.25, -0.2) is 4.98 Å². The van der Waals surface area contributed by atoms with E-state index in [1.807, 2.05) is 4.57 Å². The molecule has 2 heterocycles. The van der Waals surface area contributed by atoms with Gasteiger partial charge in [0, 0.05) is 30.2 Å².